The first-order valence-corrected chi connectivity index (χ1v) is 8.44. The van der Waals surface area contributed by atoms with Gasteiger partial charge in [0, 0.05) is 11.1 Å². The highest BCUT2D eigenvalue weighted by atomic mass is 32.2. The minimum atomic E-state index is -4.04. The molecule has 0 aliphatic carbocycles. The Morgan fingerprint density at radius 2 is 1.61 bits per heavy atom. The zero-order valence-corrected chi connectivity index (χ0v) is 13.9. The summed E-state index contributed by atoms with van der Waals surface area (Å²) in [4.78, 5) is 23.4. The maximum absolute atomic E-state index is 12.3. The molecule has 1 N–H and O–H groups in total. The second-order valence-corrected chi connectivity index (χ2v) is 7.00. The fraction of sp³-hybridized carbons (Fsp3) is 0.176. The van der Waals surface area contributed by atoms with Crippen molar-refractivity contribution in [1.82, 2.24) is 4.72 Å². The van der Waals surface area contributed by atoms with E-state index < -0.39 is 15.9 Å². The Hall–Kier alpha value is -2.47. The van der Waals surface area contributed by atoms with E-state index in [2.05, 4.69) is 0 Å². The molecule has 0 spiro atoms. The van der Waals surface area contributed by atoms with E-state index in [1.54, 1.807) is 18.2 Å². The number of rotatable bonds is 4. The van der Waals surface area contributed by atoms with Crippen LogP contribution in [0.4, 0.5) is 0 Å². The number of carbonyl (C=O) groups excluding carboxylic acids is 2. The first-order valence-electron chi connectivity index (χ1n) is 6.96. The van der Waals surface area contributed by atoms with Gasteiger partial charge in [0.1, 0.15) is 0 Å². The van der Waals surface area contributed by atoms with Crippen LogP contribution in [0, 0.1) is 13.8 Å². The molecule has 5 nitrogen and oxygen atoms in total. The fourth-order valence-electron chi connectivity index (χ4n) is 2.00. The van der Waals surface area contributed by atoms with E-state index in [4.69, 9.17) is 0 Å². The summed E-state index contributed by atoms with van der Waals surface area (Å²) in [6, 6.07) is 10.5. The monoisotopic (exact) mass is 331 g/mol. The Balaban J connectivity index is 2.30. The lowest BCUT2D eigenvalue weighted by molar-refractivity contribution is 0.0979. The van der Waals surface area contributed by atoms with Crippen LogP contribution in [0.3, 0.4) is 0 Å². The van der Waals surface area contributed by atoms with Gasteiger partial charge in [-0.1, -0.05) is 18.2 Å². The molecule has 120 valence electrons. The fourth-order valence-corrected chi connectivity index (χ4v) is 3.02. The van der Waals surface area contributed by atoms with Crippen LogP contribution >= 0.6 is 0 Å². The molecule has 0 aliphatic heterocycles. The van der Waals surface area contributed by atoms with Gasteiger partial charge in [0.15, 0.2) is 5.78 Å². The van der Waals surface area contributed by atoms with Crippen LogP contribution in [0.2, 0.25) is 0 Å². The molecule has 0 atom stereocenters. The number of benzene rings is 2. The van der Waals surface area contributed by atoms with Crippen molar-refractivity contribution in [2.45, 2.75) is 25.7 Å². The topological polar surface area (TPSA) is 80.3 Å². The van der Waals surface area contributed by atoms with Gasteiger partial charge in [-0.2, -0.15) is 0 Å². The normalized spacial score (nSPS) is 11.1. The zero-order chi connectivity index (χ0) is 17.2. The summed E-state index contributed by atoms with van der Waals surface area (Å²) in [7, 11) is -4.04. The lowest BCUT2D eigenvalue weighted by atomic mass is 10.1. The Morgan fingerprint density at radius 1 is 0.913 bits per heavy atom. The summed E-state index contributed by atoms with van der Waals surface area (Å²) in [5.74, 6) is -0.955. The largest absolute Gasteiger partial charge is 0.295 e. The summed E-state index contributed by atoms with van der Waals surface area (Å²) in [6.07, 6.45) is 0. The molecule has 0 radical (unpaired) electrons. The smallest absolute Gasteiger partial charge is 0.265 e. The van der Waals surface area contributed by atoms with Gasteiger partial charge in [0.05, 0.1) is 4.90 Å². The summed E-state index contributed by atoms with van der Waals surface area (Å²) in [6.45, 7) is 5.09. The summed E-state index contributed by atoms with van der Waals surface area (Å²) >= 11 is 0. The summed E-state index contributed by atoms with van der Waals surface area (Å²) in [5, 5.41) is 0. The highest BCUT2D eigenvalue weighted by molar-refractivity contribution is 7.90. The Bertz CT molecular complexity index is 885. The molecule has 2 aromatic carbocycles. The second-order valence-electron chi connectivity index (χ2n) is 5.32. The van der Waals surface area contributed by atoms with Crippen LogP contribution in [-0.2, 0) is 10.0 Å². The van der Waals surface area contributed by atoms with Crippen molar-refractivity contribution in [3.05, 3.63) is 64.7 Å². The van der Waals surface area contributed by atoms with Gasteiger partial charge in [-0.05, 0) is 56.2 Å². The minimum Gasteiger partial charge on any atom is -0.295 e. The van der Waals surface area contributed by atoms with E-state index in [0.29, 0.717) is 0 Å². The van der Waals surface area contributed by atoms with Gasteiger partial charge >= 0.3 is 0 Å². The van der Waals surface area contributed by atoms with Gasteiger partial charge in [0.25, 0.3) is 15.9 Å². The predicted molar refractivity (Wildman–Crippen MR) is 87.0 cm³/mol. The molecule has 0 heterocycles. The number of aryl methyl sites for hydroxylation is 2. The number of nitrogens with one attached hydrogen (secondary N) is 1. The number of sulfonamides is 1. The lowest BCUT2D eigenvalue weighted by Crippen LogP contribution is -2.30. The molecule has 0 unspecified atom stereocenters. The number of amides is 1. The number of hydrogen-bond acceptors (Lipinski definition) is 4. The predicted octanol–water partition coefficient (Wildman–Crippen LogP) is 2.62. The van der Waals surface area contributed by atoms with Gasteiger partial charge in [-0.3, -0.25) is 9.59 Å². The molecular formula is C17H17NO4S. The van der Waals surface area contributed by atoms with E-state index in [1.807, 2.05) is 18.6 Å². The Kier molecular flexibility index (Phi) is 4.65. The maximum atomic E-state index is 12.3. The first kappa shape index (κ1) is 16.9. The van der Waals surface area contributed by atoms with Crippen molar-refractivity contribution in [3.8, 4) is 0 Å². The van der Waals surface area contributed by atoms with Gasteiger partial charge < -0.3 is 0 Å². The third-order valence-electron chi connectivity index (χ3n) is 3.55. The van der Waals surface area contributed by atoms with Crippen LogP contribution < -0.4 is 4.72 Å². The van der Waals surface area contributed by atoms with Gasteiger partial charge in [-0.15, -0.1) is 0 Å². The van der Waals surface area contributed by atoms with Crippen molar-refractivity contribution < 1.29 is 18.0 Å². The molecule has 0 saturated heterocycles. The summed E-state index contributed by atoms with van der Waals surface area (Å²) in [5.41, 5.74) is 2.44. The van der Waals surface area contributed by atoms with Crippen molar-refractivity contribution >= 4 is 21.7 Å². The Labute approximate surface area is 135 Å². The molecule has 0 aromatic heterocycles. The van der Waals surface area contributed by atoms with Crippen molar-refractivity contribution in [3.63, 3.8) is 0 Å². The third-order valence-corrected chi connectivity index (χ3v) is 4.88. The standard InChI is InChI=1S/C17H17NO4S/c1-11-7-8-15(9-12(11)2)17(20)18-23(21,22)16-6-4-5-14(10-16)13(3)19/h4-10H,1-3H3,(H,18,20). The lowest BCUT2D eigenvalue weighted by Gasteiger charge is -2.09. The van der Waals surface area contributed by atoms with Crippen LogP contribution in [-0.4, -0.2) is 20.1 Å². The van der Waals surface area contributed by atoms with Crippen LogP contribution in [0.1, 0.15) is 38.8 Å². The minimum absolute atomic E-state index is 0.123. The average molecular weight is 331 g/mol. The SMILES string of the molecule is CC(=O)c1cccc(S(=O)(=O)NC(=O)c2ccc(C)c(C)c2)c1. The first-order chi connectivity index (χ1) is 10.7. The van der Waals surface area contributed by atoms with Gasteiger partial charge in [0.2, 0.25) is 0 Å². The molecule has 0 fully saturated rings. The molecule has 1 amide bonds. The molecule has 23 heavy (non-hydrogen) atoms. The zero-order valence-electron chi connectivity index (χ0n) is 13.1. The Morgan fingerprint density at radius 3 is 2.22 bits per heavy atom. The number of hydrogen-bond donors (Lipinski definition) is 1. The van der Waals surface area contributed by atoms with E-state index in [9.17, 15) is 18.0 Å². The van der Waals surface area contributed by atoms with E-state index >= 15 is 0 Å². The number of Topliss-reactive ketones (excluding diaryl/α,β-unsaturated/α-hetero) is 1. The third kappa shape index (κ3) is 3.84. The molecule has 6 heteroatoms. The summed E-state index contributed by atoms with van der Waals surface area (Å²) < 4.78 is 26.6. The highest BCUT2D eigenvalue weighted by Crippen LogP contribution is 2.14. The molecular weight excluding hydrogens is 314 g/mol. The molecule has 0 aliphatic rings. The van der Waals surface area contributed by atoms with Crippen molar-refractivity contribution in [2.24, 2.45) is 0 Å². The van der Waals surface area contributed by atoms with Crippen LogP contribution in [0.5, 0.6) is 0 Å². The van der Waals surface area contributed by atoms with Gasteiger partial charge in [-0.25, -0.2) is 13.1 Å². The molecule has 2 rings (SSSR count). The van der Waals surface area contributed by atoms with E-state index in [1.165, 1.54) is 31.2 Å². The average Bonchev–Trinajstić information content (AvgIpc) is 2.49. The molecule has 0 bridgehead atoms. The number of carbonyl (C=O) groups is 2. The van der Waals surface area contributed by atoms with Crippen LogP contribution in [0.15, 0.2) is 47.4 Å². The quantitative estimate of drug-likeness (QED) is 0.873. The van der Waals surface area contributed by atoms with E-state index in [0.717, 1.165) is 11.1 Å². The van der Waals surface area contributed by atoms with E-state index in [-0.39, 0.29) is 21.8 Å². The highest BCUT2D eigenvalue weighted by Gasteiger charge is 2.19. The van der Waals surface area contributed by atoms with Crippen molar-refractivity contribution in [2.75, 3.05) is 0 Å². The molecule has 0 saturated carbocycles. The molecule has 2 aromatic rings. The van der Waals surface area contributed by atoms with Crippen LogP contribution in [0.25, 0.3) is 0 Å². The van der Waals surface area contributed by atoms with Crippen molar-refractivity contribution in [1.29, 1.82) is 0 Å². The maximum Gasteiger partial charge on any atom is 0.265 e. The number of ketones is 1. The second kappa shape index (κ2) is 6.34.